The van der Waals surface area contributed by atoms with Crippen LogP contribution in [0.15, 0.2) is 18.6 Å². The van der Waals surface area contributed by atoms with E-state index in [0.717, 1.165) is 43.0 Å². The first kappa shape index (κ1) is 14.0. The van der Waals surface area contributed by atoms with Crippen LogP contribution >= 0.6 is 0 Å². The van der Waals surface area contributed by atoms with Crippen LogP contribution in [0.5, 0.6) is 0 Å². The van der Waals surface area contributed by atoms with Crippen molar-refractivity contribution in [2.75, 3.05) is 13.1 Å². The van der Waals surface area contributed by atoms with E-state index in [4.69, 9.17) is 0 Å². The molecule has 112 valence electrons. The van der Waals surface area contributed by atoms with Gasteiger partial charge in [0.05, 0.1) is 11.9 Å². The van der Waals surface area contributed by atoms with Gasteiger partial charge in [0.2, 0.25) is 0 Å². The molecule has 0 N–H and O–H groups in total. The van der Waals surface area contributed by atoms with Crippen molar-refractivity contribution in [1.29, 1.82) is 0 Å². The van der Waals surface area contributed by atoms with Gasteiger partial charge in [-0.1, -0.05) is 19.8 Å². The van der Waals surface area contributed by atoms with E-state index in [1.165, 1.54) is 12.8 Å². The molecule has 0 aliphatic carbocycles. The number of hydrogen-bond acceptors (Lipinski definition) is 3. The summed E-state index contributed by atoms with van der Waals surface area (Å²) in [5.41, 5.74) is 2.24. The Kier molecular flexibility index (Phi) is 3.90. The van der Waals surface area contributed by atoms with Gasteiger partial charge in [-0.05, 0) is 24.8 Å². The fourth-order valence-electron chi connectivity index (χ4n) is 3.15. The zero-order valence-electron chi connectivity index (χ0n) is 12.7. The number of carbonyl (C=O) groups excluding carboxylic acids is 1. The average molecular weight is 286 g/mol. The molecule has 3 heterocycles. The highest BCUT2D eigenvalue weighted by molar-refractivity contribution is 5.96. The summed E-state index contributed by atoms with van der Waals surface area (Å²) in [6, 6.07) is 1.85. The molecule has 5 heteroatoms. The van der Waals surface area contributed by atoms with Gasteiger partial charge in [0.25, 0.3) is 5.91 Å². The number of imidazole rings is 1. The highest BCUT2D eigenvalue weighted by Crippen LogP contribution is 2.23. The van der Waals surface area contributed by atoms with Gasteiger partial charge in [-0.25, -0.2) is 9.97 Å². The van der Waals surface area contributed by atoms with Crippen molar-refractivity contribution >= 4 is 17.1 Å². The topological polar surface area (TPSA) is 51.0 Å². The summed E-state index contributed by atoms with van der Waals surface area (Å²) in [5.74, 6) is 0.875. The summed E-state index contributed by atoms with van der Waals surface area (Å²) in [6.45, 7) is 3.96. The van der Waals surface area contributed by atoms with Gasteiger partial charge >= 0.3 is 0 Å². The van der Waals surface area contributed by atoms with Crippen LogP contribution in [0.4, 0.5) is 0 Å². The molecule has 0 unspecified atom stereocenters. The standard InChI is InChI=1S/C16H22N4O/c1-3-4-12-5-7-20(8-6-12)16(21)13-9-14-15(17-10-13)19(2)11-18-14/h9-12H,3-8H2,1-2H3. The van der Waals surface area contributed by atoms with Gasteiger partial charge in [0.15, 0.2) is 5.65 Å². The minimum atomic E-state index is 0.0880. The van der Waals surface area contributed by atoms with Gasteiger partial charge in [0.1, 0.15) is 5.52 Å². The van der Waals surface area contributed by atoms with Crippen molar-refractivity contribution in [2.24, 2.45) is 13.0 Å². The number of aryl methyl sites for hydroxylation is 1. The van der Waals surface area contributed by atoms with Crippen molar-refractivity contribution in [1.82, 2.24) is 19.4 Å². The normalized spacial score (nSPS) is 16.6. The lowest BCUT2D eigenvalue weighted by atomic mass is 9.92. The second-order valence-corrected chi connectivity index (χ2v) is 5.95. The van der Waals surface area contributed by atoms with Crippen molar-refractivity contribution in [2.45, 2.75) is 32.6 Å². The molecule has 0 bridgehead atoms. The summed E-state index contributed by atoms with van der Waals surface area (Å²) in [6.07, 6.45) is 8.16. The number of rotatable bonds is 3. The van der Waals surface area contributed by atoms with Crippen LogP contribution in [-0.2, 0) is 7.05 Å². The molecular formula is C16H22N4O. The highest BCUT2D eigenvalue weighted by Gasteiger charge is 2.23. The Morgan fingerprint density at radius 2 is 2.10 bits per heavy atom. The van der Waals surface area contributed by atoms with E-state index >= 15 is 0 Å². The lowest BCUT2D eigenvalue weighted by Gasteiger charge is -2.31. The van der Waals surface area contributed by atoms with Crippen LogP contribution < -0.4 is 0 Å². The van der Waals surface area contributed by atoms with E-state index in [2.05, 4.69) is 16.9 Å². The number of fused-ring (bicyclic) bond motifs is 1. The summed E-state index contributed by atoms with van der Waals surface area (Å²) < 4.78 is 1.86. The van der Waals surface area contributed by atoms with Gasteiger partial charge in [-0.3, -0.25) is 4.79 Å². The van der Waals surface area contributed by atoms with Gasteiger partial charge < -0.3 is 9.47 Å². The highest BCUT2D eigenvalue weighted by atomic mass is 16.2. The predicted octanol–water partition coefficient (Wildman–Crippen LogP) is 2.62. The maximum absolute atomic E-state index is 12.6. The van der Waals surface area contributed by atoms with Crippen molar-refractivity contribution in [3.05, 3.63) is 24.2 Å². The van der Waals surface area contributed by atoms with E-state index in [0.29, 0.717) is 5.56 Å². The number of aromatic nitrogens is 3. The van der Waals surface area contributed by atoms with Gasteiger partial charge in [-0.15, -0.1) is 0 Å². The fraction of sp³-hybridized carbons (Fsp3) is 0.562. The Morgan fingerprint density at radius 1 is 1.33 bits per heavy atom. The third-order valence-corrected chi connectivity index (χ3v) is 4.40. The molecule has 2 aromatic rings. The molecule has 0 saturated carbocycles. The molecule has 0 radical (unpaired) electrons. The summed E-state index contributed by atoms with van der Waals surface area (Å²) in [4.78, 5) is 23.1. The van der Waals surface area contributed by atoms with E-state index in [1.54, 1.807) is 12.5 Å². The minimum Gasteiger partial charge on any atom is -0.339 e. The lowest BCUT2D eigenvalue weighted by Crippen LogP contribution is -2.38. The molecule has 1 saturated heterocycles. The van der Waals surface area contributed by atoms with E-state index in [9.17, 15) is 4.79 Å². The van der Waals surface area contributed by atoms with Crippen LogP contribution in [0, 0.1) is 5.92 Å². The molecule has 21 heavy (non-hydrogen) atoms. The number of nitrogens with zero attached hydrogens (tertiary/aromatic N) is 4. The Balaban J connectivity index is 1.72. The summed E-state index contributed by atoms with van der Waals surface area (Å²) >= 11 is 0. The molecule has 0 aromatic carbocycles. The second-order valence-electron chi connectivity index (χ2n) is 5.95. The lowest BCUT2D eigenvalue weighted by molar-refractivity contribution is 0.0686. The number of hydrogen-bond donors (Lipinski definition) is 0. The molecule has 1 aliphatic heterocycles. The maximum Gasteiger partial charge on any atom is 0.255 e. The van der Waals surface area contributed by atoms with Crippen molar-refractivity contribution in [3.63, 3.8) is 0 Å². The molecule has 0 spiro atoms. The monoisotopic (exact) mass is 286 g/mol. The summed E-state index contributed by atoms with van der Waals surface area (Å²) in [7, 11) is 1.91. The Bertz CT molecular complexity index is 641. The first-order valence-electron chi connectivity index (χ1n) is 7.75. The smallest absolute Gasteiger partial charge is 0.255 e. The van der Waals surface area contributed by atoms with Crippen molar-refractivity contribution < 1.29 is 4.79 Å². The first-order chi connectivity index (χ1) is 10.2. The number of likely N-dealkylation sites (tertiary alicyclic amines) is 1. The van der Waals surface area contributed by atoms with Gasteiger partial charge in [0, 0.05) is 26.3 Å². The predicted molar refractivity (Wildman–Crippen MR) is 82.0 cm³/mol. The zero-order valence-corrected chi connectivity index (χ0v) is 12.7. The number of pyridine rings is 1. The molecule has 0 atom stereocenters. The largest absolute Gasteiger partial charge is 0.339 e. The Hall–Kier alpha value is -1.91. The first-order valence-corrected chi connectivity index (χ1v) is 7.75. The van der Waals surface area contributed by atoms with E-state index < -0.39 is 0 Å². The second kappa shape index (κ2) is 5.84. The van der Waals surface area contributed by atoms with Gasteiger partial charge in [-0.2, -0.15) is 0 Å². The quantitative estimate of drug-likeness (QED) is 0.871. The Morgan fingerprint density at radius 3 is 2.81 bits per heavy atom. The Labute approximate surface area is 125 Å². The van der Waals surface area contributed by atoms with Crippen LogP contribution in [0.3, 0.4) is 0 Å². The fourth-order valence-corrected chi connectivity index (χ4v) is 3.15. The molecule has 5 nitrogen and oxygen atoms in total. The molecule has 1 aliphatic rings. The molecule has 2 aromatic heterocycles. The molecular weight excluding hydrogens is 264 g/mol. The average Bonchev–Trinajstić information content (AvgIpc) is 2.88. The van der Waals surface area contributed by atoms with Crippen LogP contribution in [0.2, 0.25) is 0 Å². The third-order valence-electron chi connectivity index (χ3n) is 4.40. The molecule has 1 amide bonds. The van der Waals surface area contributed by atoms with Crippen molar-refractivity contribution in [3.8, 4) is 0 Å². The zero-order chi connectivity index (χ0) is 14.8. The van der Waals surface area contributed by atoms with Crippen LogP contribution in [-0.4, -0.2) is 38.4 Å². The van der Waals surface area contributed by atoms with Crippen LogP contribution in [0.25, 0.3) is 11.2 Å². The minimum absolute atomic E-state index is 0.0880. The SMILES string of the molecule is CCCC1CCN(C(=O)c2cnc3c(c2)ncn3C)CC1. The molecule has 1 fully saturated rings. The maximum atomic E-state index is 12.6. The number of carbonyl (C=O) groups is 1. The number of amides is 1. The van der Waals surface area contributed by atoms with E-state index in [-0.39, 0.29) is 5.91 Å². The van der Waals surface area contributed by atoms with E-state index in [1.807, 2.05) is 22.6 Å². The molecule has 3 rings (SSSR count). The number of piperidine rings is 1. The van der Waals surface area contributed by atoms with Crippen LogP contribution in [0.1, 0.15) is 43.0 Å². The summed E-state index contributed by atoms with van der Waals surface area (Å²) in [5, 5.41) is 0. The third kappa shape index (κ3) is 2.77.